The summed E-state index contributed by atoms with van der Waals surface area (Å²) in [6, 6.07) is 10.3. The number of ether oxygens (including phenoxy) is 1. The van der Waals surface area contributed by atoms with E-state index in [9.17, 15) is 4.79 Å². The fourth-order valence-electron chi connectivity index (χ4n) is 4.74. The van der Waals surface area contributed by atoms with Gasteiger partial charge in [0.25, 0.3) is 0 Å². The van der Waals surface area contributed by atoms with Gasteiger partial charge in [-0.2, -0.15) is 0 Å². The Morgan fingerprint density at radius 1 is 1.17 bits per heavy atom. The lowest BCUT2D eigenvalue weighted by Crippen LogP contribution is -2.52. The third-order valence-corrected chi connectivity index (χ3v) is 6.23. The maximum atomic E-state index is 12.9. The quantitative estimate of drug-likeness (QED) is 0.713. The topological polar surface area (TPSA) is 74.3 Å². The Morgan fingerprint density at radius 3 is 2.87 bits per heavy atom. The number of benzene rings is 1. The minimum atomic E-state index is -0.228. The van der Waals surface area contributed by atoms with E-state index in [1.165, 1.54) is 0 Å². The van der Waals surface area contributed by atoms with Crippen LogP contribution in [0, 0.1) is 0 Å². The van der Waals surface area contributed by atoms with Crippen LogP contribution in [0.15, 0.2) is 49.4 Å². The lowest BCUT2D eigenvalue weighted by Gasteiger charge is -2.39. The second kappa shape index (κ2) is 7.82. The van der Waals surface area contributed by atoms with Gasteiger partial charge in [0.1, 0.15) is 24.4 Å². The Balaban J connectivity index is 1.29. The van der Waals surface area contributed by atoms with E-state index in [2.05, 4.69) is 26.4 Å². The molecule has 2 aliphatic rings. The number of anilines is 1. The van der Waals surface area contributed by atoms with Crippen LogP contribution in [0.5, 0.6) is 0 Å². The van der Waals surface area contributed by atoms with E-state index < -0.39 is 0 Å². The van der Waals surface area contributed by atoms with Crippen molar-refractivity contribution >= 4 is 29.0 Å². The molecule has 2 aromatic heterocycles. The van der Waals surface area contributed by atoms with Crippen LogP contribution in [0.2, 0.25) is 0 Å². The largest absolute Gasteiger partial charge is 0.445 e. The van der Waals surface area contributed by atoms with E-state index in [1.807, 2.05) is 41.4 Å². The van der Waals surface area contributed by atoms with Crippen LogP contribution in [0.3, 0.4) is 0 Å². The van der Waals surface area contributed by atoms with Gasteiger partial charge in [-0.3, -0.25) is 0 Å². The molecule has 1 amide bonds. The molecule has 30 heavy (non-hydrogen) atoms. The van der Waals surface area contributed by atoms with E-state index in [4.69, 9.17) is 4.74 Å². The molecule has 2 saturated heterocycles. The summed E-state index contributed by atoms with van der Waals surface area (Å²) in [5.74, 6) is 0.950. The first kappa shape index (κ1) is 18.7. The summed E-state index contributed by atoms with van der Waals surface area (Å²) in [5, 5.41) is 1.03. The molecule has 3 aromatic rings. The maximum Gasteiger partial charge on any atom is 0.410 e. The third kappa shape index (κ3) is 3.30. The van der Waals surface area contributed by atoms with Gasteiger partial charge >= 0.3 is 6.09 Å². The lowest BCUT2D eigenvalue weighted by atomic mass is 9.97. The molecule has 0 aliphatic carbocycles. The fraction of sp³-hybridized carbons (Fsp3) is 0.348. The highest BCUT2D eigenvalue weighted by Gasteiger charge is 2.43. The number of hydrogen-bond donors (Lipinski definition) is 1. The van der Waals surface area contributed by atoms with Crippen molar-refractivity contribution in [2.45, 2.75) is 38.0 Å². The van der Waals surface area contributed by atoms with Gasteiger partial charge in [0.05, 0.1) is 17.5 Å². The average Bonchev–Trinajstić information content (AvgIpc) is 3.44. The first-order valence-corrected chi connectivity index (χ1v) is 10.4. The highest BCUT2D eigenvalue weighted by atomic mass is 16.6. The van der Waals surface area contributed by atoms with Crippen LogP contribution < -0.4 is 4.90 Å². The Kier molecular flexibility index (Phi) is 4.86. The predicted molar refractivity (Wildman–Crippen MR) is 116 cm³/mol. The summed E-state index contributed by atoms with van der Waals surface area (Å²) in [4.78, 5) is 29.2. The Hall–Kier alpha value is -3.35. The molecular weight excluding hydrogens is 378 g/mol. The van der Waals surface area contributed by atoms with Crippen molar-refractivity contribution in [3.63, 3.8) is 0 Å². The van der Waals surface area contributed by atoms with Gasteiger partial charge in [-0.05, 0) is 36.5 Å². The predicted octanol–water partition coefficient (Wildman–Crippen LogP) is 3.98. The zero-order valence-electron chi connectivity index (χ0n) is 16.8. The number of carbonyl (C=O) groups excluding carboxylic acids is 1. The fourth-order valence-corrected chi connectivity index (χ4v) is 4.74. The number of nitrogens with one attached hydrogen (secondary N) is 1. The summed E-state index contributed by atoms with van der Waals surface area (Å²) >= 11 is 0. The number of carbonyl (C=O) groups is 1. The van der Waals surface area contributed by atoms with E-state index in [-0.39, 0.29) is 24.8 Å². The van der Waals surface area contributed by atoms with Gasteiger partial charge in [0.15, 0.2) is 0 Å². The van der Waals surface area contributed by atoms with Crippen molar-refractivity contribution in [3.05, 3.63) is 60.6 Å². The standard InChI is InChI=1S/C23H25N5O2/c1-2-16-5-7-17(8-6-16)14-30-23(29)28-12-3-4-19-20(28)10-13-27(19)22-18-9-11-24-21(18)25-15-26-22/h2,5-9,11,15,19-20H,1,3-4,10,12-14H2,(H,24,25,26)/t19-,20-/m1/s1. The molecule has 4 heterocycles. The zero-order chi connectivity index (χ0) is 20.5. The maximum absolute atomic E-state index is 12.9. The molecule has 2 fully saturated rings. The van der Waals surface area contributed by atoms with E-state index in [1.54, 1.807) is 12.4 Å². The number of aromatic nitrogens is 3. The van der Waals surface area contributed by atoms with Gasteiger partial charge in [-0.15, -0.1) is 0 Å². The number of nitrogens with zero attached hydrogens (tertiary/aromatic N) is 4. The van der Waals surface area contributed by atoms with E-state index >= 15 is 0 Å². The molecule has 0 radical (unpaired) electrons. The van der Waals surface area contributed by atoms with Gasteiger partial charge in [0, 0.05) is 19.3 Å². The monoisotopic (exact) mass is 403 g/mol. The van der Waals surface area contributed by atoms with Crippen molar-refractivity contribution in [2.24, 2.45) is 0 Å². The highest BCUT2D eigenvalue weighted by molar-refractivity contribution is 5.87. The molecule has 0 spiro atoms. The van der Waals surface area contributed by atoms with Gasteiger partial charge in [0.2, 0.25) is 0 Å². The van der Waals surface area contributed by atoms with Crippen molar-refractivity contribution in [1.29, 1.82) is 0 Å². The number of piperidine rings is 1. The first-order valence-electron chi connectivity index (χ1n) is 10.4. The number of amides is 1. The van der Waals surface area contributed by atoms with Crippen LogP contribution in [-0.4, -0.2) is 51.1 Å². The Bertz CT molecular complexity index is 1060. The molecule has 0 saturated carbocycles. The van der Waals surface area contributed by atoms with Gasteiger partial charge < -0.3 is 19.5 Å². The second-order valence-corrected chi connectivity index (χ2v) is 7.89. The molecule has 2 atom stereocenters. The molecule has 1 aromatic carbocycles. The van der Waals surface area contributed by atoms with Crippen LogP contribution in [0.25, 0.3) is 17.1 Å². The number of fused-ring (bicyclic) bond motifs is 2. The summed E-state index contributed by atoms with van der Waals surface area (Å²) in [7, 11) is 0. The lowest BCUT2D eigenvalue weighted by molar-refractivity contribution is 0.0673. The summed E-state index contributed by atoms with van der Waals surface area (Å²) in [5.41, 5.74) is 2.88. The minimum Gasteiger partial charge on any atom is -0.445 e. The zero-order valence-corrected chi connectivity index (χ0v) is 16.8. The van der Waals surface area contributed by atoms with E-state index in [0.717, 1.165) is 60.3 Å². The summed E-state index contributed by atoms with van der Waals surface area (Å²) in [6.45, 7) is 5.66. The number of rotatable bonds is 4. The van der Waals surface area contributed by atoms with E-state index in [0.29, 0.717) is 0 Å². The first-order chi connectivity index (χ1) is 14.7. The molecule has 1 N–H and O–H groups in total. The SMILES string of the molecule is C=Cc1ccc(COC(=O)N2CCC[C@@H]3[C@H]2CCN3c2ncnc3[nH]ccc23)cc1. The van der Waals surface area contributed by atoms with Gasteiger partial charge in [-0.25, -0.2) is 14.8 Å². The van der Waals surface area contributed by atoms with Gasteiger partial charge in [-0.1, -0.05) is 36.9 Å². The van der Waals surface area contributed by atoms with Crippen molar-refractivity contribution in [1.82, 2.24) is 19.9 Å². The number of H-pyrrole nitrogens is 1. The molecule has 154 valence electrons. The Morgan fingerprint density at radius 2 is 2.03 bits per heavy atom. The average molecular weight is 403 g/mol. The van der Waals surface area contributed by atoms with Crippen molar-refractivity contribution in [3.8, 4) is 0 Å². The number of hydrogen-bond acceptors (Lipinski definition) is 5. The summed E-state index contributed by atoms with van der Waals surface area (Å²) < 4.78 is 5.66. The highest BCUT2D eigenvalue weighted by Crippen LogP contribution is 2.36. The second-order valence-electron chi connectivity index (χ2n) is 7.89. The Labute approximate surface area is 175 Å². The smallest absolute Gasteiger partial charge is 0.410 e. The van der Waals surface area contributed by atoms with Crippen molar-refractivity contribution < 1.29 is 9.53 Å². The molecule has 2 aliphatic heterocycles. The molecule has 7 heteroatoms. The normalized spacial score (nSPS) is 20.9. The minimum absolute atomic E-state index is 0.151. The molecule has 0 unspecified atom stereocenters. The molecular formula is C23H25N5O2. The number of aromatic amines is 1. The van der Waals surface area contributed by atoms with Crippen LogP contribution in [0.4, 0.5) is 10.6 Å². The van der Waals surface area contributed by atoms with Crippen LogP contribution >= 0.6 is 0 Å². The number of likely N-dealkylation sites (tertiary alicyclic amines) is 1. The molecule has 0 bridgehead atoms. The summed E-state index contributed by atoms with van der Waals surface area (Å²) in [6.07, 6.45) is 8.00. The van der Waals surface area contributed by atoms with Crippen LogP contribution in [0.1, 0.15) is 30.4 Å². The van der Waals surface area contributed by atoms with Crippen molar-refractivity contribution in [2.75, 3.05) is 18.0 Å². The third-order valence-electron chi connectivity index (χ3n) is 6.23. The molecule has 7 nitrogen and oxygen atoms in total. The van der Waals surface area contributed by atoms with Crippen LogP contribution in [-0.2, 0) is 11.3 Å². The molecule has 5 rings (SSSR count).